The maximum Gasteiger partial charge on any atom is 0.258 e. The minimum atomic E-state index is -0.106. The molecule has 37 heavy (non-hydrogen) atoms. The van der Waals surface area contributed by atoms with E-state index < -0.39 is 0 Å². The molecule has 1 aliphatic heterocycles. The molecule has 0 atom stereocenters. The summed E-state index contributed by atoms with van der Waals surface area (Å²) in [5.41, 5.74) is 7.90. The van der Waals surface area contributed by atoms with Gasteiger partial charge in [0.1, 0.15) is 12.4 Å². The highest BCUT2D eigenvalue weighted by atomic mass is 35.5. The second kappa shape index (κ2) is 10.1. The molecule has 0 spiro atoms. The number of aryl methyl sites for hydroxylation is 1. The van der Waals surface area contributed by atoms with Gasteiger partial charge in [-0.25, -0.2) is 0 Å². The lowest BCUT2D eigenvalue weighted by molar-refractivity contribution is 0.300. The summed E-state index contributed by atoms with van der Waals surface area (Å²) in [5.74, 6) is 0.522. The largest absolute Gasteiger partial charge is 0.487 e. The van der Waals surface area contributed by atoms with Gasteiger partial charge in [0, 0.05) is 43.8 Å². The molecule has 7 heteroatoms. The fourth-order valence-corrected chi connectivity index (χ4v) is 5.10. The Morgan fingerprint density at radius 3 is 2.81 bits per heavy atom. The van der Waals surface area contributed by atoms with Gasteiger partial charge >= 0.3 is 0 Å². The van der Waals surface area contributed by atoms with Crippen LogP contribution in [-0.4, -0.2) is 22.6 Å². The van der Waals surface area contributed by atoms with Gasteiger partial charge < -0.3 is 15.0 Å². The molecule has 6 rings (SSSR count). The summed E-state index contributed by atoms with van der Waals surface area (Å²) >= 11 is 5.88. The average Bonchev–Trinajstić information content (AvgIpc) is 2.93. The Hall–Kier alpha value is -4.03. The normalized spacial score (nSPS) is 14.3. The number of benzene rings is 2. The van der Waals surface area contributed by atoms with E-state index in [0.29, 0.717) is 10.8 Å². The minimum Gasteiger partial charge on any atom is -0.487 e. The molecule has 0 saturated heterocycles. The predicted octanol–water partition coefficient (Wildman–Crippen LogP) is 5.85. The first-order chi connectivity index (χ1) is 18.1. The van der Waals surface area contributed by atoms with Crippen LogP contribution in [0, 0.1) is 0 Å². The molecule has 0 bridgehead atoms. The van der Waals surface area contributed by atoms with Crippen LogP contribution in [0.25, 0.3) is 11.8 Å². The Bertz CT molecular complexity index is 1530. The van der Waals surface area contributed by atoms with Crippen molar-refractivity contribution in [2.24, 2.45) is 0 Å². The van der Waals surface area contributed by atoms with E-state index in [0.717, 1.165) is 43.9 Å². The number of pyridine rings is 2. The van der Waals surface area contributed by atoms with E-state index in [4.69, 9.17) is 16.3 Å². The number of hydrogen-bond acceptors (Lipinski definition) is 5. The maximum atomic E-state index is 12.9. The van der Waals surface area contributed by atoms with E-state index in [1.165, 1.54) is 34.1 Å². The minimum absolute atomic E-state index is 0.106. The first-order valence-corrected chi connectivity index (χ1v) is 12.9. The first kappa shape index (κ1) is 23.4. The van der Waals surface area contributed by atoms with Gasteiger partial charge in [-0.05, 0) is 65.9 Å². The van der Waals surface area contributed by atoms with Gasteiger partial charge in [-0.3, -0.25) is 14.3 Å². The number of ether oxygens (including phenoxy) is 1. The number of nitrogens with one attached hydrogen (secondary N) is 1. The van der Waals surface area contributed by atoms with Crippen molar-refractivity contribution in [1.29, 1.82) is 0 Å². The molecular formula is C30H27ClN4O2. The van der Waals surface area contributed by atoms with E-state index in [1.54, 1.807) is 23.0 Å². The Balaban J connectivity index is 1.16. The molecule has 1 N–H and O–H groups in total. The fourth-order valence-electron chi connectivity index (χ4n) is 4.99. The summed E-state index contributed by atoms with van der Waals surface area (Å²) in [7, 11) is 0. The summed E-state index contributed by atoms with van der Waals surface area (Å²) in [6.45, 7) is 3.09. The number of rotatable bonds is 6. The quantitative estimate of drug-likeness (QED) is 0.352. The van der Waals surface area contributed by atoms with Crippen LogP contribution >= 0.6 is 11.6 Å². The second-order valence-corrected chi connectivity index (χ2v) is 9.80. The molecule has 2 aromatic carbocycles. The zero-order valence-electron chi connectivity index (χ0n) is 20.4. The highest BCUT2D eigenvalue weighted by molar-refractivity contribution is 6.30. The number of hydrogen-bond donors (Lipinski definition) is 1. The van der Waals surface area contributed by atoms with E-state index in [9.17, 15) is 4.79 Å². The Kier molecular flexibility index (Phi) is 6.41. The molecule has 2 aliphatic rings. The molecule has 1 aliphatic carbocycles. The third-order valence-corrected chi connectivity index (χ3v) is 7.09. The summed E-state index contributed by atoms with van der Waals surface area (Å²) in [6, 6.07) is 22.1. The molecule has 186 valence electrons. The summed E-state index contributed by atoms with van der Waals surface area (Å²) in [6.07, 6.45) is 7.21. The Morgan fingerprint density at radius 2 is 1.95 bits per heavy atom. The fraction of sp³-hybridized carbons (Fsp3) is 0.200. The van der Waals surface area contributed by atoms with Crippen molar-refractivity contribution in [3.05, 3.63) is 117 Å². The van der Waals surface area contributed by atoms with Crippen LogP contribution in [0.4, 0.5) is 11.4 Å². The van der Waals surface area contributed by atoms with Crippen LogP contribution in [0.1, 0.15) is 28.8 Å². The molecule has 2 aromatic heterocycles. The van der Waals surface area contributed by atoms with Gasteiger partial charge in [0.2, 0.25) is 0 Å². The molecule has 0 radical (unpaired) electrons. The van der Waals surface area contributed by atoms with Crippen LogP contribution in [-0.2, 0) is 19.6 Å². The second-order valence-electron chi connectivity index (χ2n) is 9.36. The van der Waals surface area contributed by atoms with Gasteiger partial charge in [0.25, 0.3) is 5.56 Å². The van der Waals surface area contributed by atoms with E-state index >= 15 is 0 Å². The van der Waals surface area contributed by atoms with Gasteiger partial charge in [-0.1, -0.05) is 41.9 Å². The van der Waals surface area contributed by atoms with Crippen molar-refractivity contribution in [3.8, 4) is 5.75 Å². The number of anilines is 2. The molecule has 3 heterocycles. The molecular weight excluding hydrogens is 484 g/mol. The van der Waals surface area contributed by atoms with E-state index in [-0.39, 0.29) is 12.2 Å². The lowest BCUT2D eigenvalue weighted by Crippen LogP contribution is -2.33. The highest BCUT2D eigenvalue weighted by Gasteiger charge is 2.18. The molecule has 4 aromatic rings. The Morgan fingerprint density at radius 1 is 1.03 bits per heavy atom. The molecule has 6 nitrogen and oxygen atoms in total. The highest BCUT2D eigenvalue weighted by Crippen LogP contribution is 2.31. The number of allylic oxidation sites excluding steroid dienone is 1. The first-order valence-electron chi connectivity index (χ1n) is 12.5. The van der Waals surface area contributed by atoms with Crippen molar-refractivity contribution >= 4 is 34.7 Å². The van der Waals surface area contributed by atoms with Crippen molar-refractivity contribution in [2.75, 3.05) is 23.3 Å². The van der Waals surface area contributed by atoms with Crippen molar-refractivity contribution in [1.82, 2.24) is 9.55 Å². The van der Waals surface area contributed by atoms with Crippen LogP contribution < -0.4 is 20.5 Å². The van der Waals surface area contributed by atoms with Gasteiger partial charge in [-0.15, -0.1) is 0 Å². The molecule has 0 saturated carbocycles. The van der Waals surface area contributed by atoms with Crippen molar-refractivity contribution in [3.63, 3.8) is 0 Å². The Labute approximate surface area is 220 Å². The molecule has 0 fully saturated rings. The monoisotopic (exact) mass is 510 g/mol. The van der Waals surface area contributed by atoms with E-state index in [1.807, 2.05) is 12.1 Å². The summed E-state index contributed by atoms with van der Waals surface area (Å²) in [5, 5.41) is 4.06. The standard InChI is InChI=1S/C30H27ClN4O2/c31-24-8-9-25(33-18-24)20-37-27-11-13-35(30(36)17-27)26-10-7-22-15-21(5-6-23(22)16-26)19-34-14-12-32-28-3-1-2-4-29(28)34/h1-6,8-9,11,13,15-18,32H,7,10,12,14,19-20H2. The van der Waals surface area contributed by atoms with Crippen LogP contribution in [0.5, 0.6) is 5.75 Å². The SMILES string of the molecule is O=c1cc(OCc2ccc(Cl)cn2)ccn1C1=Cc2ccc(CN3CCNc4ccccc43)cc2CC1. The van der Waals surface area contributed by atoms with Crippen LogP contribution in [0.3, 0.4) is 0 Å². The average molecular weight is 511 g/mol. The number of fused-ring (bicyclic) bond motifs is 2. The topological polar surface area (TPSA) is 59.4 Å². The van der Waals surface area contributed by atoms with Crippen molar-refractivity contribution < 1.29 is 4.74 Å². The van der Waals surface area contributed by atoms with Crippen molar-refractivity contribution in [2.45, 2.75) is 26.0 Å². The number of nitrogens with zero attached hydrogens (tertiary/aromatic N) is 3. The lowest BCUT2D eigenvalue weighted by Gasteiger charge is -2.32. The van der Waals surface area contributed by atoms with Crippen LogP contribution in [0.2, 0.25) is 5.02 Å². The third-order valence-electron chi connectivity index (χ3n) is 6.87. The summed E-state index contributed by atoms with van der Waals surface area (Å²) in [4.78, 5) is 19.5. The number of para-hydroxylation sites is 2. The van der Waals surface area contributed by atoms with E-state index in [2.05, 4.69) is 63.7 Å². The van der Waals surface area contributed by atoms with Gasteiger partial charge in [0.15, 0.2) is 0 Å². The zero-order valence-corrected chi connectivity index (χ0v) is 21.1. The van der Waals surface area contributed by atoms with Gasteiger partial charge in [0.05, 0.1) is 22.1 Å². The zero-order chi connectivity index (χ0) is 25.2. The number of halogens is 1. The van der Waals surface area contributed by atoms with Gasteiger partial charge in [-0.2, -0.15) is 0 Å². The number of aromatic nitrogens is 2. The molecule has 0 unspecified atom stereocenters. The maximum absolute atomic E-state index is 12.9. The third kappa shape index (κ3) is 5.11. The van der Waals surface area contributed by atoms with Crippen LogP contribution in [0.15, 0.2) is 83.9 Å². The summed E-state index contributed by atoms with van der Waals surface area (Å²) < 4.78 is 7.47. The smallest absolute Gasteiger partial charge is 0.258 e. The lowest BCUT2D eigenvalue weighted by atomic mass is 9.93. The predicted molar refractivity (Wildman–Crippen MR) is 149 cm³/mol. The molecule has 0 amide bonds.